The van der Waals surface area contributed by atoms with E-state index in [0.717, 1.165) is 18.7 Å². The summed E-state index contributed by atoms with van der Waals surface area (Å²) in [5, 5.41) is 16.9. The summed E-state index contributed by atoms with van der Waals surface area (Å²) in [7, 11) is -2.25. The summed E-state index contributed by atoms with van der Waals surface area (Å²) >= 11 is 0. The number of hydrogen-bond donors (Lipinski definition) is 4. The lowest BCUT2D eigenvalue weighted by Crippen LogP contribution is -2.40. The molecule has 0 saturated carbocycles. The van der Waals surface area contributed by atoms with Gasteiger partial charge in [0, 0.05) is 31.7 Å². The molecule has 0 amide bonds. The third kappa shape index (κ3) is 7.18. The lowest BCUT2D eigenvalue weighted by molar-refractivity contribution is -0.192. The maximum atomic E-state index is 13.0. The summed E-state index contributed by atoms with van der Waals surface area (Å²) in [5.41, 5.74) is 1.44. The SMILES string of the molecule is COC(CS(=O)(=O)Nc1[nH]ncc1C1CNC1)c1ccc(F)cc1.O=C(O)C(F)(F)F. The van der Waals surface area contributed by atoms with Crippen LogP contribution in [-0.4, -0.2) is 61.8 Å². The number of halogens is 4. The molecule has 2 heterocycles. The van der Waals surface area contributed by atoms with Gasteiger partial charge in [-0.25, -0.2) is 17.6 Å². The first-order valence-corrected chi connectivity index (χ1v) is 10.4. The van der Waals surface area contributed by atoms with Gasteiger partial charge < -0.3 is 15.2 Å². The Morgan fingerprint density at radius 2 is 1.90 bits per heavy atom. The normalized spacial score (nSPS) is 15.4. The van der Waals surface area contributed by atoms with Crippen LogP contribution >= 0.6 is 0 Å². The molecule has 1 aromatic heterocycles. The average molecular weight is 468 g/mol. The van der Waals surface area contributed by atoms with E-state index in [2.05, 4.69) is 20.2 Å². The zero-order valence-corrected chi connectivity index (χ0v) is 16.9. The fourth-order valence-electron chi connectivity index (χ4n) is 2.57. The number of aromatic nitrogens is 2. The number of sulfonamides is 1. The average Bonchev–Trinajstić information content (AvgIpc) is 3.05. The van der Waals surface area contributed by atoms with Gasteiger partial charge in [0.2, 0.25) is 10.0 Å². The molecule has 14 heteroatoms. The summed E-state index contributed by atoms with van der Waals surface area (Å²) in [6.07, 6.45) is -4.14. The number of carboxylic acids is 1. The van der Waals surface area contributed by atoms with Crippen molar-refractivity contribution in [2.45, 2.75) is 18.2 Å². The van der Waals surface area contributed by atoms with Gasteiger partial charge in [0.1, 0.15) is 11.6 Å². The molecule has 1 aromatic carbocycles. The maximum absolute atomic E-state index is 13.0. The number of rotatable bonds is 7. The molecule has 172 valence electrons. The summed E-state index contributed by atoms with van der Waals surface area (Å²) in [4.78, 5) is 8.90. The van der Waals surface area contributed by atoms with E-state index in [1.54, 1.807) is 6.20 Å². The number of carboxylic acid groups (broad SMARTS) is 1. The van der Waals surface area contributed by atoms with E-state index < -0.39 is 28.3 Å². The second-order valence-corrected chi connectivity index (χ2v) is 8.28. The van der Waals surface area contributed by atoms with Gasteiger partial charge in [0.05, 0.1) is 18.1 Å². The van der Waals surface area contributed by atoms with Crippen LogP contribution in [-0.2, 0) is 19.6 Å². The fraction of sp³-hybridized carbons (Fsp3) is 0.412. The van der Waals surface area contributed by atoms with E-state index in [0.29, 0.717) is 11.4 Å². The van der Waals surface area contributed by atoms with Crippen LogP contribution in [0.2, 0.25) is 0 Å². The number of methoxy groups -OCH3 is 1. The second kappa shape index (κ2) is 10.1. The van der Waals surface area contributed by atoms with Crippen LogP contribution in [0, 0.1) is 5.82 Å². The molecule has 9 nitrogen and oxygen atoms in total. The van der Waals surface area contributed by atoms with Gasteiger partial charge in [-0.15, -0.1) is 0 Å². The summed E-state index contributed by atoms with van der Waals surface area (Å²) in [5.74, 6) is -2.79. The topological polar surface area (TPSA) is 133 Å². The lowest BCUT2D eigenvalue weighted by atomic mass is 9.96. The maximum Gasteiger partial charge on any atom is 0.490 e. The van der Waals surface area contributed by atoms with E-state index in [-0.39, 0.29) is 17.5 Å². The number of H-pyrrole nitrogens is 1. The number of alkyl halides is 3. The van der Waals surface area contributed by atoms with Gasteiger partial charge >= 0.3 is 12.1 Å². The van der Waals surface area contributed by atoms with Gasteiger partial charge in [-0.1, -0.05) is 12.1 Å². The highest BCUT2D eigenvalue weighted by Crippen LogP contribution is 2.27. The number of carbonyl (C=O) groups is 1. The molecule has 1 unspecified atom stereocenters. The molecule has 31 heavy (non-hydrogen) atoms. The highest BCUT2D eigenvalue weighted by atomic mass is 32.2. The van der Waals surface area contributed by atoms with Crippen LogP contribution in [0.5, 0.6) is 0 Å². The molecule has 1 aliphatic heterocycles. The van der Waals surface area contributed by atoms with Crippen molar-refractivity contribution >= 4 is 21.8 Å². The Morgan fingerprint density at radius 1 is 1.32 bits per heavy atom. The van der Waals surface area contributed by atoms with Gasteiger partial charge in [0.25, 0.3) is 0 Å². The lowest BCUT2D eigenvalue weighted by Gasteiger charge is -2.27. The summed E-state index contributed by atoms with van der Waals surface area (Å²) in [6, 6.07) is 5.58. The molecule has 3 rings (SSSR count). The first-order valence-electron chi connectivity index (χ1n) is 8.75. The molecule has 0 spiro atoms. The summed E-state index contributed by atoms with van der Waals surface area (Å²) in [6.45, 7) is 1.59. The monoisotopic (exact) mass is 468 g/mol. The minimum Gasteiger partial charge on any atom is -0.475 e. The van der Waals surface area contributed by atoms with E-state index in [9.17, 15) is 26.0 Å². The summed E-state index contributed by atoms with van der Waals surface area (Å²) < 4.78 is 77.5. The van der Waals surface area contributed by atoms with Crippen molar-refractivity contribution in [3.05, 3.63) is 47.4 Å². The van der Waals surface area contributed by atoms with Crippen LogP contribution in [0.4, 0.5) is 23.4 Å². The van der Waals surface area contributed by atoms with Crippen LogP contribution < -0.4 is 10.0 Å². The molecule has 4 N–H and O–H groups in total. The van der Waals surface area contributed by atoms with Crippen LogP contribution in [0.25, 0.3) is 0 Å². The number of ether oxygens (including phenoxy) is 1. The van der Waals surface area contributed by atoms with Crippen molar-refractivity contribution < 1.29 is 40.6 Å². The number of aromatic amines is 1. The zero-order chi connectivity index (χ0) is 23.2. The van der Waals surface area contributed by atoms with Gasteiger partial charge in [0.15, 0.2) is 0 Å². The molecular weight excluding hydrogens is 448 g/mol. The molecule has 2 aromatic rings. The van der Waals surface area contributed by atoms with Gasteiger partial charge in [-0.2, -0.15) is 18.3 Å². The van der Waals surface area contributed by atoms with Gasteiger partial charge in [-0.3, -0.25) is 9.82 Å². The zero-order valence-electron chi connectivity index (χ0n) is 16.1. The third-order valence-corrected chi connectivity index (χ3v) is 5.54. The molecule has 0 radical (unpaired) electrons. The molecule has 1 fully saturated rings. The smallest absolute Gasteiger partial charge is 0.475 e. The predicted molar refractivity (Wildman–Crippen MR) is 101 cm³/mol. The number of hydrogen-bond acceptors (Lipinski definition) is 6. The first kappa shape index (κ1) is 24.6. The van der Waals surface area contributed by atoms with E-state index in [1.165, 1.54) is 31.4 Å². The molecule has 1 saturated heterocycles. The van der Waals surface area contributed by atoms with Crippen molar-refractivity contribution in [1.29, 1.82) is 0 Å². The van der Waals surface area contributed by atoms with E-state index >= 15 is 0 Å². The van der Waals surface area contributed by atoms with Gasteiger partial charge in [-0.05, 0) is 17.7 Å². The van der Waals surface area contributed by atoms with Crippen LogP contribution in [0.1, 0.15) is 23.1 Å². The third-order valence-electron chi connectivity index (χ3n) is 4.29. The molecule has 0 bridgehead atoms. The first-order chi connectivity index (χ1) is 14.4. The molecular formula is C17H20F4N4O5S. The Kier molecular flexibility index (Phi) is 7.97. The number of nitrogens with zero attached hydrogens (tertiary/aromatic N) is 1. The largest absolute Gasteiger partial charge is 0.490 e. The predicted octanol–water partition coefficient (Wildman–Crippen LogP) is 2.00. The molecule has 1 aliphatic rings. The Bertz CT molecular complexity index is 975. The number of nitrogens with one attached hydrogen (secondary N) is 3. The minimum atomic E-state index is -5.08. The van der Waals surface area contributed by atoms with Crippen molar-refractivity contribution in [3.63, 3.8) is 0 Å². The van der Waals surface area contributed by atoms with E-state index in [1.807, 2.05) is 0 Å². The van der Waals surface area contributed by atoms with Crippen LogP contribution in [0.3, 0.4) is 0 Å². The number of benzene rings is 1. The minimum absolute atomic E-state index is 0.247. The molecule has 0 aliphatic carbocycles. The number of aliphatic carboxylic acids is 1. The Labute approximate surface area is 174 Å². The Morgan fingerprint density at radius 3 is 2.35 bits per heavy atom. The number of anilines is 1. The quantitative estimate of drug-likeness (QED) is 0.457. The van der Waals surface area contributed by atoms with Crippen LogP contribution in [0.15, 0.2) is 30.5 Å². The Hall–Kier alpha value is -2.71. The second-order valence-electron chi connectivity index (χ2n) is 6.52. The highest BCUT2D eigenvalue weighted by molar-refractivity contribution is 7.92. The van der Waals surface area contributed by atoms with Crippen molar-refractivity contribution in [3.8, 4) is 0 Å². The molecule has 1 atom stereocenters. The standard InChI is InChI=1S/C15H19FN4O3S.C2HF3O2/c1-23-14(10-2-4-12(16)5-3-10)9-24(21,22)20-15-13(8-18-19-15)11-6-17-7-11;3-2(4,5)1(6)7/h2-5,8,11,14,17H,6-7,9H2,1H3,(H2,18,19,20);(H,6,7). The van der Waals surface area contributed by atoms with Crippen molar-refractivity contribution in [2.75, 3.05) is 30.7 Å². The fourth-order valence-corrected chi connectivity index (χ4v) is 3.85. The Balaban J connectivity index is 0.000000423. The van der Waals surface area contributed by atoms with E-state index in [4.69, 9.17) is 14.6 Å². The highest BCUT2D eigenvalue weighted by Gasteiger charge is 2.38. The van der Waals surface area contributed by atoms with Crippen molar-refractivity contribution in [1.82, 2.24) is 15.5 Å². The van der Waals surface area contributed by atoms with Crippen molar-refractivity contribution in [2.24, 2.45) is 0 Å².